The van der Waals surface area contributed by atoms with Crippen LogP contribution in [0, 0.1) is 0 Å². The molecule has 8 nitrogen and oxygen atoms in total. The number of aromatic nitrogens is 1. The Balaban J connectivity index is 1.35. The van der Waals surface area contributed by atoms with E-state index in [1.54, 1.807) is 43.5 Å². The zero-order chi connectivity index (χ0) is 24.1. The molecule has 1 aromatic heterocycles. The van der Waals surface area contributed by atoms with Gasteiger partial charge in [-0.2, -0.15) is 0 Å². The summed E-state index contributed by atoms with van der Waals surface area (Å²) < 4.78 is 4.77. The van der Waals surface area contributed by atoms with Crippen LogP contribution in [-0.4, -0.2) is 28.9 Å². The Hall–Kier alpha value is -4.59. The van der Waals surface area contributed by atoms with Gasteiger partial charge >= 0.3 is 6.09 Å². The first-order chi connectivity index (χ1) is 16.4. The second-order valence-electron chi connectivity index (χ2n) is 7.81. The van der Waals surface area contributed by atoms with Crippen molar-refractivity contribution in [1.82, 2.24) is 15.6 Å². The number of carbonyl (C=O) groups is 3. The van der Waals surface area contributed by atoms with Crippen molar-refractivity contribution in [2.75, 3.05) is 0 Å². The highest BCUT2D eigenvalue weighted by Crippen LogP contribution is 2.29. The molecule has 0 radical (unpaired) electrons. The van der Waals surface area contributed by atoms with Crippen molar-refractivity contribution in [3.63, 3.8) is 0 Å². The fourth-order valence-electron chi connectivity index (χ4n) is 3.63. The van der Waals surface area contributed by atoms with Crippen LogP contribution in [0.3, 0.4) is 0 Å². The number of hydrogen-bond donors (Lipinski definition) is 4. The molecule has 4 rings (SSSR count). The van der Waals surface area contributed by atoms with Crippen molar-refractivity contribution in [1.29, 1.82) is 0 Å². The van der Waals surface area contributed by atoms with E-state index in [0.29, 0.717) is 11.4 Å². The van der Waals surface area contributed by atoms with Gasteiger partial charge in [-0.25, -0.2) is 4.79 Å². The molecule has 0 bridgehead atoms. The average Bonchev–Trinajstić information content (AvgIpc) is 3.33. The molecule has 0 aliphatic carbocycles. The monoisotopic (exact) mass is 456 g/mol. The predicted octanol–water partition coefficient (Wildman–Crippen LogP) is 3.73. The Kier molecular flexibility index (Phi) is 6.59. The van der Waals surface area contributed by atoms with Crippen LogP contribution in [0.25, 0.3) is 21.9 Å². The van der Waals surface area contributed by atoms with E-state index in [1.807, 2.05) is 42.5 Å². The second-order valence-corrected chi connectivity index (χ2v) is 7.81. The summed E-state index contributed by atoms with van der Waals surface area (Å²) >= 11 is 0. The lowest BCUT2D eigenvalue weighted by molar-refractivity contribution is -0.122. The molecular formula is C26H24N4O4. The van der Waals surface area contributed by atoms with Crippen LogP contribution in [0.4, 0.5) is 4.79 Å². The van der Waals surface area contributed by atoms with Gasteiger partial charge in [0.15, 0.2) is 0 Å². The molecule has 3 aromatic carbocycles. The molecule has 0 spiro atoms. The van der Waals surface area contributed by atoms with E-state index in [1.165, 1.54) is 0 Å². The highest BCUT2D eigenvalue weighted by molar-refractivity contribution is 6.00. The number of primary amides is 1. The maximum atomic E-state index is 12.7. The van der Waals surface area contributed by atoms with Crippen LogP contribution in [0.15, 0.2) is 79.0 Å². The van der Waals surface area contributed by atoms with Crippen molar-refractivity contribution in [3.05, 3.63) is 90.3 Å². The zero-order valence-electron chi connectivity index (χ0n) is 18.5. The molecule has 0 aliphatic heterocycles. The number of ether oxygens (including phenoxy) is 1. The van der Waals surface area contributed by atoms with Gasteiger partial charge in [-0.15, -0.1) is 0 Å². The van der Waals surface area contributed by atoms with Crippen LogP contribution in [0.2, 0.25) is 0 Å². The molecule has 8 heteroatoms. The standard InChI is InChI=1S/C26H24N4O4/c1-16(24(31)29-14-17-9-11-20(12-10-17)34-26(27)33)30-25(32)23-13-19(15-28-23)22-8-4-6-18-5-2-3-7-21(18)22/h2-13,15-16,28H,14H2,1H3,(H2,27,33)(H,29,31)(H,30,32). The zero-order valence-corrected chi connectivity index (χ0v) is 18.5. The van der Waals surface area contributed by atoms with Crippen LogP contribution >= 0.6 is 0 Å². The molecule has 0 saturated carbocycles. The number of H-pyrrole nitrogens is 1. The van der Waals surface area contributed by atoms with Gasteiger partial charge in [0.2, 0.25) is 5.91 Å². The maximum Gasteiger partial charge on any atom is 0.409 e. The van der Waals surface area contributed by atoms with Gasteiger partial charge in [0.25, 0.3) is 5.91 Å². The van der Waals surface area contributed by atoms with E-state index in [-0.39, 0.29) is 18.4 Å². The third-order valence-electron chi connectivity index (χ3n) is 5.38. The van der Waals surface area contributed by atoms with Gasteiger partial charge < -0.3 is 26.1 Å². The number of fused-ring (bicyclic) bond motifs is 1. The minimum atomic E-state index is -0.892. The Labute approximate surface area is 196 Å². The van der Waals surface area contributed by atoms with Crippen LogP contribution in [0.5, 0.6) is 5.75 Å². The molecule has 172 valence electrons. The number of hydrogen-bond acceptors (Lipinski definition) is 4. The smallest absolute Gasteiger partial charge is 0.409 e. The number of amides is 3. The number of rotatable bonds is 7. The predicted molar refractivity (Wildman–Crippen MR) is 129 cm³/mol. The molecular weight excluding hydrogens is 432 g/mol. The minimum absolute atomic E-state index is 0.254. The van der Waals surface area contributed by atoms with Crippen molar-refractivity contribution >= 4 is 28.7 Å². The van der Waals surface area contributed by atoms with Crippen molar-refractivity contribution < 1.29 is 19.1 Å². The molecule has 0 fully saturated rings. The van der Waals surface area contributed by atoms with Crippen molar-refractivity contribution in [3.8, 4) is 16.9 Å². The molecule has 0 saturated heterocycles. The quantitative estimate of drug-likeness (QED) is 0.338. The summed E-state index contributed by atoms with van der Waals surface area (Å²) in [6.45, 7) is 1.87. The van der Waals surface area contributed by atoms with Gasteiger partial charge in [-0.3, -0.25) is 9.59 Å². The maximum absolute atomic E-state index is 12.7. The molecule has 4 aromatic rings. The summed E-state index contributed by atoms with van der Waals surface area (Å²) in [5, 5.41) is 7.70. The van der Waals surface area contributed by atoms with E-state index >= 15 is 0 Å². The molecule has 1 heterocycles. The van der Waals surface area contributed by atoms with E-state index in [4.69, 9.17) is 10.5 Å². The molecule has 5 N–H and O–H groups in total. The van der Waals surface area contributed by atoms with E-state index in [9.17, 15) is 14.4 Å². The fourth-order valence-corrected chi connectivity index (χ4v) is 3.63. The lowest BCUT2D eigenvalue weighted by atomic mass is 10.0. The van der Waals surface area contributed by atoms with Gasteiger partial charge in [0.1, 0.15) is 17.5 Å². The Morgan fingerprint density at radius 3 is 2.50 bits per heavy atom. The summed E-state index contributed by atoms with van der Waals surface area (Å²) in [6, 6.07) is 21.7. The number of carbonyl (C=O) groups excluding carboxylic acids is 3. The minimum Gasteiger partial charge on any atom is -0.411 e. The Bertz CT molecular complexity index is 1340. The van der Waals surface area contributed by atoms with Gasteiger partial charge in [0.05, 0.1) is 0 Å². The van der Waals surface area contributed by atoms with Gasteiger partial charge in [-0.05, 0) is 47.0 Å². The van der Waals surface area contributed by atoms with Gasteiger partial charge in [-0.1, -0.05) is 54.6 Å². The van der Waals surface area contributed by atoms with Crippen LogP contribution in [-0.2, 0) is 11.3 Å². The number of benzene rings is 3. The first kappa shape index (κ1) is 22.6. The average molecular weight is 457 g/mol. The summed E-state index contributed by atoms with van der Waals surface area (Å²) in [5.74, 6) is -0.384. The topological polar surface area (TPSA) is 126 Å². The molecule has 1 atom stereocenters. The van der Waals surface area contributed by atoms with E-state index in [0.717, 1.165) is 27.5 Å². The highest BCUT2D eigenvalue weighted by atomic mass is 16.5. The van der Waals surface area contributed by atoms with Crippen molar-refractivity contribution in [2.45, 2.75) is 19.5 Å². The largest absolute Gasteiger partial charge is 0.411 e. The summed E-state index contributed by atoms with van der Waals surface area (Å²) in [7, 11) is 0. The molecule has 0 aliphatic rings. The summed E-state index contributed by atoms with van der Waals surface area (Å²) in [6.07, 6.45) is 0.893. The number of nitrogens with one attached hydrogen (secondary N) is 3. The lowest BCUT2D eigenvalue weighted by Crippen LogP contribution is -2.44. The summed E-state index contributed by atoms with van der Waals surface area (Å²) in [5.41, 5.74) is 8.05. The Morgan fingerprint density at radius 2 is 1.74 bits per heavy atom. The molecule has 34 heavy (non-hydrogen) atoms. The van der Waals surface area contributed by atoms with Crippen LogP contribution < -0.4 is 21.1 Å². The van der Waals surface area contributed by atoms with Gasteiger partial charge in [0, 0.05) is 18.3 Å². The molecule has 1 unspecified atom stereocenters. The van der Waals surface area contributed by atoms with E-state index in [2.05, 4.69) is 15.6 Å². The van der Waals surface area contributed by atoms with Crippen LogP contribution in [0.1, 0.15) is 23.0 Å². The third kappa shape index (κ3) is 5.24. The SMILES string of the molecule is CC(NC(=O)c1cc(-c2cccc3ccccc23)c[nH]1)C(=O)NCc1ccc(OC(N)=O)cc1. The second kappa shape index (κ2) is 9.91. The first-order valence-electron chi connectivity index (χ1n) is 10.7. The van der Waals surface area contributed by atoms with Crippen molar-refractivity contribution in [2.24, 2.45) is 5.73 Å². The Morgan fingerprint density at radius 1 is 1.00 bits per heavy atom. The summed E-state index contributed by atoms with van der Waals surface area (Å²) in [4.78, 5) is 38.9. The number of nitrogens with two attached hydrogens (primary N) is 1. The molecule has 3 amide bonds. The lowest BCUT2D eigenvalue weighted by Gasteiger charge is -2.14. The van der Waals surface area contributed by atoms with E-state index < -0.39 is 12.1 Å². The first-order valence-corrected chi connectivity index (χ1v) is 10.7. The highest BCUT2D eigenvalue weighted by Gasteiger charge is 2.18. The third-order valence-corrected chi connectivity index (χ3v) is 5.38. The number of aromatic amines is 1. The fraction of sp³-hybridized carbons (Fsp3) is 0.115. The normalized spacial score (nSPS) is 11.6.